The van der Waals surface area contributed by atoms with Gasteiger partial charge in [0, 0.05) is 60.3 Å². The molecule has 1 fully saturated rings. The van der Waals surface area contributed by atoms with Gasteiger partial charge in [0.1, 0.15) is 5.67 Å². The van der Waals surface area contributed by atoms with Gasteiger partial charge < -0.3 is 9.88 Å². The molecule has 1 saturated heterocycles. The van der Waals surface area contributed by atoms with Crippen LogP contribution in [0.4, 0.5) is 8.78 Å². The second-order valence-electron chi connectivity index (χ2n) is 10.9. The summed E-state index contributed by atoms with van der Waals surface area (Å²) in [6.07, 6.45) is 1.39. The minimum atomic E-state index is -1.33. The van der Waals surface area contributed by atoms with E-state index in [9.17, 15) is 13.6 Å². The highest BCUT2D eigenvalue weighted by atomic mass is 19.1. The number of hydrogen-bond donors (Lipinski definition) is 1. The van der Waals surface area contributed by atoms with Gasteiger partial charge in [-0.2, -0.15) is 0 Å². The summed E-state index contributed by atoms with van der Waals surface area (Å²) >= 11 is 0. The quantitative estimate of drug-likeness (QED) is 0.420. The Bertz CT molecular complexity index is 1190. The number of nitrogens with zero attached hydrogens (tertiary/aromatic N) is 2. The maximum Gasteiger partial charge on any atom is 0.168 e. The molecular formula is C29H35F2N3O. The van der Waals surface area contributed by atoms with Crippen molar-refractivity contribution in [2.75, 3.05) is 32.9 Å². The van der Waals surface area contributed by atoms with Gasteiger partial charge in [-0.3, -0.25) is 14.1 Å². The van der Waals surface area contributed by atoms with Gasteiger partial charge >= 0.3 is 0 Å². The first-order valence-electron chi connectivity index (χ1n) is 12.7. The number of carbonyl (C=O) groups excluding carboxylic acids is 1. The lowest BCUT2D eigenvalue weighted by Crippen LogP contribution is -2.50. The Kier molecular flexibility index (Phi) is 6.53. The van der Waals surface area contributed by atoms with Gasteiger partial charge in [-0.05, 0) is 50.8 Å². The van der Waals surface area contributed by atoms with Gasteiger partial charge in [-0.25, -0.2) is 4.39 Å². The number of aromatic amines is 1. The van der Waals surface area contributed by atoms with Gasteiger partial charge in [0.25, 0.3) is 0 Å². The molecule has 186 valence electrons. The minimum Gasteiger partial charge on any atom is -0.357 e. The van der Waals surface area contributed by atoms with Gasteiger partial charge in [0.05, 0.1) is 12.7 Å². The monoisotopic (exact) mass is 479 g/mol. The van der Waals surface area contributed by atoms with Crippen LogP contribution in [0.3, 0.4) is 0 Å². The smallest absolute Gasteiger partial charge is 0.168 e. The van der Waals surface area contributed by atoms with Gasteiger partial charge in [-0.1, -0.05) is 42.5 Å². The van der Waals surface area contributed by atoms with Crippen LogP contribution in [0.2, 0.25) is 0 Å². The first-order valence-corrected chi connectivity index (χ1v) is 12.7. The van der Waals surface area contributed by atoms with E-state index in [1.807, 2.05) is 30.3 Å². The highest BCUT2D eigenvalue weighted by Gasteiger charge is 2.39. The molecule has 5 rings (SSSR count). The van der Waals surface area contributed by atoms with Gasteiger partial charge in [-0.15, -0.1) is 0 Å². The number of rotatable bonds is 8. The van der Waals surface area contributed by atoms with Crippen molar-refractivity contribution in [1.82, 2.24) is 14.8 Å². The van der Waals surface area contributed by atoms with Crippen molar-refractivity contribution < 1.29 is 13.6 Å². The molecule has 35 heavy (non-hydrogen) atoms. The molecule has 0 radical (unpaired) electrons. The van der Waals surface area contributed by atoms with Crippen molar-refractivity contribution >= 4 is 16.7 Å². The number of nitrogens with one attached hydrogen (secondary N) is 1. The van der Waals surface area contributed by atoms with E-state index < -0.39 is 5.67 Å². The van der Waals surface area contributed by atoms with Crippen LogP contribution in [-0.2, 0) is 6.42 Å². The first kappa shape index (κ1) is 24.1. The minimum absolute atomic E-state index is 0.0145. The maximum absolute atomic E-state index is 14.9. The Morgan fingerprint density at radius 3 is 2.51 bits per heavy atom. The third kappa shape index (κ3) is 4.78. The van der Waals surface area contributed by atoms with Crippen molar-refractivity contribution in [3.8, 4) is 0 Å². The van der Waals surface area contributed by atoms with Crippen LogP contribution in [0.25, 0.3) is 10.9 Å². The highest BCUT2D eigenvalue weighted by Crippen LogP contribution is 2.41. The van der Waals surface area contributed by atoms with Crippen molar-refractivity contribution in [1.29, 1.82) is 0 Å². The molecule has 2 aliphatic rings. The summed E-state index contributed by atoms with van der Waals surface area (Å²) in [5.41, 5.74) is 3.96. The standard InChI is InChI=1S/C29H35F2N3O/c1-19-15-24-23-7-4-5-8-25(23)32-26(24)27(34(19)18-29(2,3)31)20-9-11-21(12-10-20)28(35)22-16-33(17-22)14-6-13-30/h4-5,7-12,19,22,27,32H,6,13-18H2,1-3H3/t19-,27-/m1/s1. The van der Waals surface area contributed by atoms with Gasteiger partial charge in [0.2, 0.25) is 0 Å². The van der Waals surface area contributed by atoms with E-state index in [2.05, 4.69) is 39.9 Å². The molecule has 2 aromatic carbocycles. The Hall–Kier alpha value is -2.57. The topological polar surface area (TPSA) is 39.3 Å². The molecule has 0 bridgehead atoms. The fourth-order valence-corrected chi connectivity index (χ4v) is 5.81. The first-order chi connectivity index (χ1) is 16.7. The molecule has 2 aliphatic heterocycles. The van der Waals surface area contributed by atoms with E-state index in [1.165, 1.54) is 10.9 Å². The van der Waals surface area contributed by atoms with Crippen molar-refractivity contribution in [3.05, 3.63) is 70.9 Å². The highest BCUT2D eigenvalue weighted by molar-refractivity contribution is 5.98. The van der Waals surface area contributed by atoms with E-state index >= 15 is 0 Å². The SMILES string of the molecule is C[C@@H]1Cc2c([nH]c3ccccc23)[C@@H](c2ccc(C(=O)C3CN(CCCF)C3)cc2)N1CC(C)(C)F. The lowest BCUT2D eigenvalue weighted by atomic mass is 9.86. The summed E-state index contributed by atoms with van der Waals surface area (Å²) in [7, 11) is 0. The Balaban J connectivity index is 1.44. The molecular weight excluding hydrogens is 444 g/mol. The normalized spacial score (nSPS) is 21.7. The summed E-state index contributed by atoms with van der Waals surface area (Å²) in [6.45, 7) is 7.58. The molecule has 1 N–H and O–H groups in total. The summed E-state index contributed by atoms with van der Waals surface area (Å²) < 4.78 is 27.3. The molecule has 0 unspecified atom stereocenters. The zero-order valence-electron chi connectivity index (χ0n) is 20.9. The summed E-state index contributed by atoms with van der Waals surface area (Å²) in [6, 6.07) is 16.3. The van der Waals surface area contributed by atoms with Crippen LogP contribution in [0.1, 0.15) is 60.4 Å². The number of carbonyl (C=O) groups is 1. The Labute approximate surface area is 206 Å². The Morgan fingerprint density at radius 2 is 1.83 bits per heavy atom. The predicted molar refractivity (Wildman–Crippen MR) is 136 cm³/mol. The number of hydrogen-bond acceptors (Lipinski definition) is 3. The Morgan fingerprint density at radius 1 is 1.11 bits per heavy atom. The second kappa shape index (κ2) is 9.47. The van der Waals surface area contributed by atoms with Crippen molar-refractivity contribution in [2.45, 2.75) is 51.4 Å². The molecule has 0 aliphatic carbocycles. The van der Waals surface area contributed by atoms with Crippen LogP contribution >= 0.6 is 0 Å². The number of fused-ring (bicyclic) bond motifs is 3. The summed E-state index contributed by atoms with van der Waals surface area (Å²) in [5.74, 6) is 0.136. The van der Waals surface area contributed by atoms with Crippen LogP contribution in [0.5, 0.6) is 0 Å². The van der Waals surface area contributed by atoms with Gasteiger partial charge in [0.15, 0.2) is 5.78 Å². The van der Waals surface area contributed by atoms with Crippen LogP contribution in [-0.4, -0.2) is 65.1 Å². The van der Waals surface area contributed by atoms with Crippen molar-refractivity contribution in [2.24, 2.45) is 5.92 Å². The van der Waals surface area contributed by atoms with E-state index in [1.54, 1.807) is 13.8 Å². The molecule has 2 atom stereocenters. The number of aromatic nitrogens is 1. The number of H-pyrrole nitrogens is 1. The summed E-state index contributed by atoms with van der Waals surface area (Å²) in [5, 5.41) is 1.23. The lowest BCUT2D eigenvalue weighted by molar-refractivity contribution is 0.0613. The number of halogens is 2. The molecule has 3 aromatic rings. The van der Waals surface area contributed by atoms with Crippen molar-refractivity contribution in [3.63, 3.8) is 0 Å². The zero-order chi connectivity index (χ0) is 24.7. The molecule has 4 nitrogen and oxygen atoms in total. The van der Waals surface area contributed by atoms with E-state index in [-0.39, 0.29) is 30.5 Å². The number of likely N-dealkylation sites (tertiary alicyclic amines) is 1. The molecule has 0 spiro atoms. The maximum atomic E-state index is 14.9. The number of para-hydroxylation sites is 1. The largest absolute Gasteiger partial charge is 0.357 e. The third-order valence-electron chi connectivity index (χ3n) is 7.52. The summed E-state index contributed by atoms with van der Waals surface area (Å²) in [4.78, 5) is 21.0. The van der Waals surface area contributed by atoms with E-state index in [0.29, 0.717) is 38.2 Å². The number of ketones is 1. The predicted octanol–water partition coefficient (Wildman–Crippen LogP) is 5.73. The third-order valence-corrected chi connectivity index (χ3v) is 7.52. The molecule has 6 heteroatoms. The molecule has 1 aromatic heterocycles. The van der Waals surface area contributed by atoms with Crippen LogP contribution in [0.15, 0.2) is 48.5 Å². The number of benzene rings is 2. The average molecular weight is 480 g/mol. The fourth-order valence-electron chi connectivity index (χ4n) is 5.81. The van der Waals surface area contributed by atoms with Crippen LogP contribution < -0.4 is 0 Å². The zero-order valence-corrected chi connectivity index (χ0v) is 20.9. The molecule has 0 saturated carbocycles. The number of Topliss-reactive ketones (excluding diaryl/α,β-unsaturated/α-hetero) is 1. The molecule has 0 amide bonds. The second-order valence-corrected chi connectivity index (χ2v) is 10.9. The molecule has 3 heterocycles. The average Bonchev–Trinajstić information content (AvgIpc) is 3.15. The van der Waals surface area contributed by atoms with E-state index in [4.69, 9.17) is 0 Å². The fraction of sp³-hybridized carbons (Fsp3) is 0.483. The number of alkyl halides is 2. The van der Waals surface area contributed by atoms with Crippen LogP contribution in [0, 0.1) is 5.92 Å². The lowest BCUT2D eigenvalue weighted by Gasteiger charge is -2.43. The van der Waals surface area contributed by atoms with E-state index in [0.717, 1.165) is 23.2 Å².